The van der Waals surface area contributed by atoms with Gasteiger partial charge in [-0.1, -0.05) is 36.4 Å². The Bertz CT molecular complexity index is 1600. The molecule has 1 saturated heterocycles. The fourth-order valence-electron chi connectivity index (χ4n) is 5.39. The summed E-state index contributed by atoms with van der Waals surface area (Å²) in [6, 6.07) is 17.8. The van der Waals surface area contributed by atoms with Crippen molar-refractivity contribution < 1.29 is 38.9 Å². The number of nitrogens with one attached hydrogen (secondary N) is 4. The smallest absolute Gasteiger partial charge is 0.323 e. The molecule has 0 bridgehead atoms. The summed E-state index contributed by atoms with van der Waals surface area (Å²) in [5, 5.41) is 29.7. The number of piperidine rings is 1. The lowest BCUT2D eigenvalue weighted by molar-refractivity contribution is -0.139. The molecule has 0 saturated carbocycles. The van der Waals surface area contributed by atoms with Gasteiger partial charge in [0.1, 0.15) is 5.75 Å². The molecule has 1 fully saturated rings. The molecule has 0 radical (unpaired) electrons. The average Bonchev–Trinajstić information content (AvgIpc) is 3.02. The van der Waals surface area contributed by atoms with Crippen LogP contribution in [-0.4, -0.2) is 71.6 Å². The van der Waals surface area contributed by atoms with Gasteiger partial charge in [0, 0.05) is 17.3 Å². The molecule has 47 heavy (non-hydrogen) atoms. The number of carboxylic acid groups (broad SMARTS) is 2. The van der Waals surface area contributed by atoms with Crippen molar-refractivity contribution in [3.8, 4) is 5.75 Å². The Labute approximate surface area is 272 Å². The van der Waals surface area contributed by atoms with Crippen molar-refractivity contribution >= 4 is 46.8 Å². The van der Waals surface area contributed by atoms with Crippen molar-refractivity contribution in [1.82, 2.24) is 10.2 Å². The molecule has 0 spiro atoms. The fourth-order valence-corrected chi connectivity index (χ4v) is 5.39. The number of carbonyl (C=O) groups is 5. The first-order chi connectivity index (χ1) is 22.5. The molecule has 1 aliphatic heterocycles. The summed E-state index contributed by atoms with van der Waals surface area (Å²) in [6.07, 6.45) is 0.670. The molecule has 4 rings (SSSR count). The Morgan fingerprint density at radius 2 is 1.55 bits per heavy atom. The van der Waals surface area contributed by atoms with E-state index in [2.05, 4.69) is 21.3 Å². The third-order valence-electron chi connectivity index (χ3n) is 7.88. The van der Waals surface area contributed by atoms with E-state index in [1.165, 1.54) is 7.11 Å². The van der Waals surface area contributed by atoms with E-state index >= 15 is 0 Å². The minimum atomic E-state index is -1.08. The van der Waals surface area contributed by atoms with Gasteiger partial charge in [0.05, 0.1) is 38.2 Å². The van der Waals surface area contributed by atoms with Crippen molar-refractivity contribution in [2.75, 3.05) is 42.7 Å². The average molecular weight is 646 g/mol. The number of aliphatic carboxylic acids is 2. The summed E-state index contributed by atoms with van der Waals surface area (Å²) in [7, 11) is 1.47. The highest BCUT2D eigenvalue weighted by Gasteiger charge is 2.28. The van der Waals surface area contributed by atoms with Gasteiger partial charge in [-0.3, -0.25) is 24.1 Å². The van der Waals surface area contributed by atoms with Crippen molar-refractivity contribution in [2.45, 2.75) is 38.6 Å². The molecule has 13 heteroatoms. The Hall–Kier alpha value is -5.43. The molecule has 0 unspecified atom stereocenters. The minimum absolute atomic E-state index is 0.0246. The molecule has 6 N–H and O–H groups in total. The predicted octanol–water partition coefficient (Wildman–Crippen LogP) is 4.26. The first-order valence-corrected chi connectivity index (χ1v) is 15.2. The first-order valence-electron chi connectivity index (χ1n) is 15.2. The van der Waals surface area contributed by atoms with Crippen LogP contribution in [0.3, 0.4) is 0 Å². The lowest BCUT2D eigenvalue weighted by Crippen LogP contribution is -2.43. The van der Waals surface area contributed by atoms with Crippen LogP contribution >= 0.6 is 0 Å². The summed E-state index contributed by atoms with van der Waals surface area (Å²) < 4.78 is 5.44. The van der Waals surface area contributed by atoms with Gasteiger partial charge in [-0.05, 0) is 79.9 Å². The third kappa shape index (κ3) is 10.3. The molecule has 4 amide bonds. The number of rotatable bonds is 13. The number of carboxylic acids is 2. The third-order valence-corrected chi connectivity index (χ3v) is 7.88. The largest absolute Gasteiger partial charge is 0.495 e. The second kappa shape index (κ2) is 16.2. The second-order valence-corrected chi connectivity index (χ2v) is 11.4. The number of likely N-dealkylation sites (tertiary alicyclic amines) is 1. The van der Waals surface area contributed by atoms with Crippen LogP contribution in [-0.2, 0) is 25.6 Å². The molecule has 1 atom stereocenters. The Morgan fingerprint density at radius 3 is 2.19 bits per heavy atom. The number of methoxy groups -OCH3 is 1. The molecule has 13 nitrogen and oxygen atoms in total. The van der Waals surface area contributed by atoms with Gasteiger partial charge in [0.25, 0.3) is 0 Å². The van der Waals surface area contributed by atoms with E-state index in [-0.39, 0.29) is 37.1 Å². The highest BCUT2D eigenvalue weighted by atomic mass is 16.5. The maximum Gasteiger partial charge on any atom is 0.323 e. The van der Waals surface area contributed by atoms with E-state index < -0.39 is 24.0 Å². The van der Waals surface area contributed by atoms with Gasteiger partial charge in [-0.25, -0.2) is 4.79 Å². The topological polar surface area (TPSA) is 186 Å². The van der Waals surface area contributed by atoms with Crippen LogP contribution in [0.4, 0.5) is 21.9 Å². The maximum atomic E-state index is 13.0. The monoisotopic (exact) mass is 645 g/mol. The Balaban J connectivity index is 1.32. The number of anilines is 3. The number of benzene rings is 3. The van der Waals surface area contributed by atoms with E-state index in [1.807, 2.05) is 25.1 Å². The highest BCUT2D eigenvalue weighted by Crippen LogP contribution is 2.27. The maximum absolute atomic E-state index is 13.0. The summed E-state index contributed by atoms with van der Waals surface area (Å²) in [6.45, 7) is 2.76. The van der Waals surface area contributed by atoms with Gasteiger partial charge >= 0.3 is 18.0 Å². The number of amides is 4. The molecule has 3 aromatic rings. The van der Waals surface area contributed by atoms with Crippen LogP contribution in [0.15, 0.2) is 66.7 Å². The number of hydrogen-bond donors (Lipinski definition) is 6. The number of hydrogen-bond acceptors (Lipinski definition) is 7. The van der Waals surface area contributed by atoms with E-state index in [4.69, 9.17) is 9.84 Å². The summed E-state index contributed by atoms with van der Waals surface area (Å²) in [4.78, 5) is 62.6. The van der Waals surface area contributed by atoms with Crippen LogP contribution in [0.5, 0.6) is 5.75 Å². The Morgan fingerprint density at radius 1 is 0.872 bits per heavy atom. The molecular weight excluding hydrogens is 606 g/mol. The van der Waals surface area contributed by atoms with Gasteiger partial charge in [-0.15, -0.1) is 0 Å². The van der Waals surface area contributed by atoms with Crippen LogP contribution < -0.4 is 26.0 Å². The molecule has 1 heterocycles. The predicted molar refractivity (Wildman–Crippen MR) is 176 cm³/mol. The fraction of sp³-hybridized carbons (Fsp3) is 0.324. The quantitative estimate of drug-likeness (QED) is 0.158. The summed E-state index contributed by atoms with van der Waals surface area (Å²) in [5.41, 5.74) is 3.74. The van der Waals surface area contributed by atoms with E-state index in [1.54, 1.807) is 53.4 Å². The first kappa shape index (κ1) is 34.4. The normalized spacial score (nSPS) is 14.0. The number of para-hydroxylation sites is 1. The van der Waals surface area contributed by atoms with Crippen LogP contribution in [0.25, 0.3) is 0 Å². The van der Waals surface area contributed by atoms with Crippen molar-refractivity contribution in [3.63, 3.8) is 0 Å². The SMILES string of the molecule is COc1cc(CC(=O)Nc2ccc([C@@H](CC(=O)O)NC(=O)C3CCN(CC(=O)O)CC3)cc2)ccc1NC(=O)Nc1ccccc1C. The Kier molecular flexibility index (Phi) is 11.9. The van der Waals surface area contributed by atoms with Gasteiger partial charge < -0.3 is 36.2 Å². The van der Waals surface area contributed by atoms with Crippen molar-refractivity contribution in [2.24, 2.45) is 5.92 Å². The van der Waals surface area contributed by atoms with Crippen LogP contribution in [0.2, 0.25) is 0 Å². The van der Waals surface area contributed by atoms with E-state index in [9.17, 15) is 29.1 Å². The number of nitrogens with zero attached hydrogens (tertiary/aromatic N) is 1. The number of carbonyl (C=O) groups excluding carboxylic acids is 3. The molecule has 248 valence electrons. The van der Waals surface area contributed by atoms with Gasteiger partial charge in [0.15, 0.2) is 0 Å². The standard InChI is InChI=1S/C34H39N5O8/c1-21-5-3-4-6-26(21)37-34(46)38-27-12-7-22(17-29(27)47-2)18-30(40)35-25-10-8-23(9-11-25)28(19-31(41)42)36-33(45)24-13-15-39(16-14-24)20-32(43)44/h3-12,17,24,28H,13-16,18-20H2,1-2H3,(H,35,40)(H,36,45)(H,41,42)(H,43,44)(H2,37,38,46)/t28-/m1/s1. The van der Waals surface area contributed by atoms with E-state index in [0.29, 0.717) is 59.9 Å². The van der Waals surface area contributed by atoms with Crippen LogP contribution in [0.1, 0.15) is 42.0 Å². The zero-order valence-electron chi connectivity index (χ0n) is 26.2. The minimum Gasteiger partial charge on any atom is -0.495 e. The number of ether oxygens (including phenoxy) is 1. The molecule has 3 aromatic carbocycles. The zero-order valence-corrected chi connectivity index (χ0v) is 26.2. The molecule has 0 aliphatic carbocycles. The lowest BCUT2D eigenvalue weighted by atomic mass is 9.94. The summed E-state index contributed by atoms with van der Waals surface area (Å²) >= 11 is 0. The molecule has 1 aliphatic rings. The number of urea groups is 1. The lowest BCUT2D eigenvalue weighted by Gasteiger charge is -2.31. The highest BCUT2D eigenvalue weighted by molar-refractivity contribution is 6.01. The van der Waals surface area contributed by atoms with Gasteiger partial charge in [0.2, 0.25) is 11.8 Å². The summed E-state index contributed by atoms with van der Waals surface area (Å²) in [5.74, 6) is -2.52. The van der Waals surface area contributed by atoms with E-state index in [0.717, 1.165) is 5.56 Å². The second-order valence-electron chi connectivity index (χ2n) is 11.4. The molecular formula is C34H39N5O8. The molecule has 0 aromatic heterocycles. The number of aryl methyl sites for hydroxylation is 1. The van der Waals surface area contributed by atoms with Gasteiger partial charge in [-0.2, -0.15) is 0 Å². The van der Waals surface area contributed by atoms with Crippen molar-refractivity contribution in [3.05, 3.63) is 83.4 Å². The van der Waals surface area contributed by atoms with Crippen LogP contribution in [0, 0.1) is 12.8 Å². The zero-order chi connectivity index (χ0) is 33.9. The van der Waals surface area contributed by atoms with Crippen molar-refractivity contribution in [1.29, 1.82) is 0 Å².